The Morgan fingerprint density at radius 1 is 1.11 bits per heavy atom. The molecule has 1 amide bonds. The smallest absolute Gasteiger partial charge is 0.251 e. The summed E-state index contributed by atoms with van der Waals surface area (Å²) in [5, 5.41) is 13.5. The van der Waals surface area contributed by atoms with E-state index in [-0.39, 0.29) is 17.7 Å². The second-order valence-electron chi connectivity index (χ2n) is 10.0. The summed E-state index contributed by atoms with van der Waals surface area (Å²) in [5.74, 6) is 0.0403. The molecule has 6 heteroatoms. The molecule has 0 radical (unpaired) electrons. The first-order chi connectivity index (χ1) is 17.3. The summed E-state index contributed by atoms with van der Waals surface area (Å²) in [6, 6.07) is 7.64. The molecule has 36 heavy (non-hydrogen) atoms. The number of amides is 1. The molecule has 2 N–H and O–H groups in total. The fourth-order valence-electron chi connectivity index (χ4n) is 5.62. The van der Waals surface area contributed by atoms with Crippen LogP contribution in [-0.2, 0) is 0 Å². The highest BCUT2D eigenvalue weighted by Crippen LogP contribution is 2.41. The molecule has 0 spiro atoms. The maximum absolute atomic E-state index is 13.0. The largest absolute Gasteiger partial charge is 0.506 e. The minimum absolute atomic E-state index is 0.00112. The van der Waals surface area contributed by atoms with Gasteiger partial charge in [-0.05, 0) is 93.1 Å². The third-order valence-electron chi connectivity index (χ3n) is 7.84. The van der Waals surface area contributed by atoms with Gasteiger partial charge in [0.2, 0.25) is 0 Å². The number of piperidine rings is 1. The van der Waals surface area contributed by atoms with E-state index in [0.29, 0.717) is 11.6 Å². The first kappa shape index (κ1) is 26.3. The number of carbonyl (C=O) groups is 1. The Morgan fingerprint density at radius 3 is 2.58 bits per heavy atom. The predicted molar refractivity (Wildman–Crippen MR) is 149 cm³/mol. The Balaban J connectivity index is 1.50. The molecule has 2 heterocycles. The third-order valence-corrected chi connectivity index (χ3v) is 8.15. The monoisotopic (exact) mass is 507 g/mol. The van der Waals surface area contributed by atoms with Crippen molar-refractivity contribution in [3.8, 4) is 5.75 Å². The van der Waals surface area contributed by atoms with Crippen molar-refractivity contribution in [2.45, 2.75) is 52.0 Å². The molecule has 2 fully saturated rings. The quantitative estimate of drug-likeness (QED) is 0.438. The molecule has 2 aromatic carbocycles. The van der Waals surface area contributed by atoms with Crippen LogP contribution in [0.15, 0.2) is 37.4 Å². The van der Waals surface area contributed by atoms with Crippen molar-refractivity contribution in [1.82, 2.24) is 15.1 Å². The fourth-order valence-corrected chi connectivity index (χ4v) is 5.78. The molecule has 4 rings (SSSR count). The van der Waals surface area contributed by atoms with Gasteiger partial charge in [-0.3, -0.25) is 4.79 Å². The van der Waals surface area contributed by atoms with Crippen molar-refractivity contribution in [2.24, 2.45) is 0 Å². The van der Waals surface area contributed by atoms with Gasteiger partial charge in [0.05, 0.1) is 11.1 Å². The van der Waals surface area contributed by atoms with E-state index in [9.17, 15) is 9.90 Å². The topological polar surface area (TPSA) is 55.8 Å². The van der Waals surface area contributed by atoms with Gasteiger partial charge in [0.1, 0.15) is 5.75 Å². The number of nitrogens with zero attached hydrogens (tertiary/aromatic N) is 2. The number of phenolic OH excluding ortho intramolecular Hbond substituents is 1. The molecule has 2 aliphatic heterocycles. The van der Waals surface area contributed by atoms with Crippen LogP contribution in [0.3, 0.4) is 0 Å². The SMILES string of the molecule is C=Cc1cc(O)c(Cl)cc1C(=C)N1CCCC1c1ccc(C(=O)NCCN2CCCCC2)c(C)c1C. The van der Waals surface area contributed by atoms with Crippen LogP contribution in [0.1, 0.15) is 76.3 Å². The van der Waals surface area contributed by atoms with Gasteiger partial charge in [0.15, 0.2) is 0 Å². The molecular weight excluding hydrogens is 470 g/mol. The van der Waals surface area contributed by atoms with Gasteiger partial charge < -0.3 is 20.2 Å². The number of carbonyl (C=O) groups excluding carboxylic acids is 1. The molecule has 2 aliphatic rings. The molecule has 1 atom stereocenters. The van der Waals surface area contributed by atoms with E-state index in [1.165, 1.54) is 24.8 Å². The summed E-state index contributed by atoms with van der Waals surface area (Å²) in [6.07, 6.45) is 7.61. The van der Waals surface area contributed by atoms with Crippen LogP contribution in [-0.4, -0.2) is 53.5 Å². The van der Waals surface area contributed by atoms with Crippen LogP contribution in [0.5, 0.6) is 5.75 Å². The number of aromatic hydroxyl groups is 1. The van der Waals surface area contributed by atoms with E-state index in [4.69, 9.17) is 11.6 Å². The van der Waals surface area contributed by atoms with Crippen molar-refractivity contribution in [3.63, 3.8) is 0 Å². The maximum atomic E-state index is 13.0. The summed E-state index contributed by atoms with van der Waals surface area (Å²) in [7, 11) is 0. The van der Waals surface area contributed by atoms with Gasteiger partial charge in [-0.1, -0.05) is 43.3 Å². The molecule has 192 valence electrons. The lowest BCUT2D eigenvalue weighted by molar-refractivity contribution is 0.0946. The normalized spacial score (nSPS) is 18.3. The molecule has 0 aliphatic carbocycles. The number of hydrogen-bond acceptors (Lipinski definition) is 4. The minimum atomic E-state index is 0.00112. The van der Waals surface area contributed by atoms with Crippen molar-refractivity contribution >= 4 is 29.3 Å². The standard InChI is InChI=1S/C30H38ClN3O2/c1-5-23-18-29(35)27(31)19-26(23)22(4)34-16-9-10-28(34)24-11-12-25(21(3)20(24)2)30(36)32-13-17-33-14-7-6-8-15-33/h5,11-12,18-19,28,35H,1,4,6-10,13-17H2,2-3H3,(H,32,36). The molecule has 5 nitrogen and oxygen atoms in total. The van der Waals surface area contributed by atoms with Crippen LogP contribution < -0.4 is 5.32 Å². The number of hydrogen-bond donors (Lipinski definition) is 2. The highest BCUT2D eigenvalue weighted by molar-refractivity contribution is 6.32. The van der Waals surface area contributed by atoms with Gasteiger partial charge in [0.25, 0.3) is 5.91 Å². The lowest BCUT2D eigenvalue weighted by atomic mass is 9.91. The molecule has 0 bridgehead atoms. The van der Waals surface area contributed by atoms with Crippen molar-refractivity contribution in [2.75, 3.05) is 32.7 Å². The van der Waals surface area contributed by atoms with E-state index in [0.717, 1.165) is 72.5 Å². The highest BCUT2D eigenvalue weighted by atomic mass is 35.5. The Hall–Kier alpha value is -2.76. The number of likely N-dealkylation sites (tertiary alicyclic amines) is 2. The Kier molecular flexibility index (Phi) is 8.43. The number of phenols is 1. The lowest BCUT2D eigenvalue weighted by Gasteiger charge is -2.31. The van der Waals surface area contributed by atoms with Crippen molar-refractivity contribution in [3.05, 3.63) is 75.8 Å². The number of rotatable bonds is 8. The Labute approximate surface area is 220 Å². The molecule has 2 aromatic rings. The average molecular weight is 508 g/mol. The van der Waals surface area contributed by atoms with Crippen molar-refractivity contribution in [1.29, 1.82) is 0 Å². The maximum Gasteiger partial charge on any atom is 0.251 e. The molecule has 2 saturated heterocycles. The second kappa shape index (κ2) is 11.5. The number of nitrogens with one attached hydrogen (secondary N) is 1. The first-order valence-electron chi connectivity index (χ1n) is 13.0. The second-order valence-corrected chi connectivity index (χ2v) is 10.4. The fraction of sp³-hybridized carbons (Fsp3) is 0.433. The zero-order valence-electron chi connectivity index (χ0n) is 21.6. The molecule has 1 unspecified atom stereocenters. The molecular formula is C30H38ClN3O2. The van der Waals surface area contributed by atoms with E-state index in [1.807, 2.05) is 13.0 Å². The van der Waals surface area contributed by atoms with Crippen LogP contribution in [0, 0.1) is 13.8 Å². The van der Waals surface area contributed by atoms with Gasteiger partial charge >= 0.3 is 0 Å². The van der Waals surface area contributed by atoms with E-state index >= 15 is 0 Å². The van der Waals surface area contributed by atoms with Crippen molar-refractivity contribution < 1.29 is 9.90 Å². The summed E-state index contributed by atoms with van der Waals surface area (Å²) < 4.78 is 0. The lowest BCUT2D eigenvalue weighted by Crippen LogP contribution is -2.37. The Bertz CT molecular complexity index is 1150. The number of benzene rings is 2. The van der Waals surface area contributed by atoms with E-state index in [2.05, 4.69) is 41.3 Å². The summed E-state index contributed by atoms with van der Waals surface area (Å²) in [6.45, 7) is 17.2. The summed E-state index contributed by atoms with van der Waals surface area (Å²) >= 11 is 6.24. The van der Waals surface area contributed by atoms with E-state index in [1.54, 1.807) is 18.2 Å². The van der Waals surface area contributed by atoms with Gasteiger partial charge in [0, 0.05) is 36.5 Å². The van der Waals surface area contributed by atoms with Crippen LogP contribution in [0.2, 0.25) is 5.02 Å². The average Bonchev–Trinajstić information content (AvgIpc) is 3.36. The zero-order valence-corrected chi connectivity index (χ0v) is 22.3. The van der Waals surface area contributed by atoms with Gasteiger partial charge in [-0.2, -0.15) is 0 Å². The molecule has 0 aromatic heterocycles. The van der Waals surface area contributed by atoms with E-state index < -0.39 is 0 Å². The molecule has 0 saturated carbocycles. The summed E-state index contributed by atoms with van der Waals surface area (Å²) in [4.78, 5) is 17.7. The van der Waals surface area contributed by atoms with Crippen LogP contribution >= 0.6 is 11.6 Å². The number of halogens is 1. The van der Waals surface area contributed by atoms with Crippen LogP contribution in [0.4, 0.5) is 0 Å². The first-order valence-corrected chi connectivity index (χ1v) is 13.4. The zero-order chi connectivity index (χ0) is 25.8. The predicted octanol–water partition coefficient (Wildman–Crippen LogP) is 6.33. The van der Waals surface area contributed by atoms with Gasteiger partial charge in [-0.15, -0.1) is 0 Å². The minimum Gasteiger partial charge on any atom is -0.506 e. The summed E-state index contributed by atoms with van der Waals surface area (Å²) in [5.41, 5.74) is 6.69. The van der Waals surface area contributed by atoms with Gasteiger partial charge in [-0.25, -0.2) is 0 Å². The highest BCUT2D eigenvalue weighted by Gasteiger charge is 2.30. The third kappa shape index (κ3) is 5.47. The Morgan fingerprint density at radius 2 is 1.86 bits per heavy atom. The van der Waals surface area contributed by atoms with Crippen LogP contribution in [0.25, 0.3) is 11.8 Å².